The van der Waals surface area contributed by atoms with Crippen LogP contribution in [0.2, 0.25) is 0 Å². The zero-order chi connectivity index (χ0) is 30.9. The highest BCUT2D eigenvalue weighted by molar-refractivity contribution is 7.26. The largest absolute Gasteiger partial charge is 0.355 e. The van der Waals surface area contributed by atoms with Crippen molar-refractivity contribution in [2.45, 2.75) is 6.92 Å². The summed E-state index contributed by atoms with van der Waals surface area (Å²) in [4.78, 5) is 0. The smallest absolute Gasteiger partial charge is 0.0727 e. The highest BCUT2D eigenvalue weighted by Crippen LogP contribution is 2.44. The molecule has 0 aliphatic rings. The molecular formula is C43H32N2S. The maximum absolute atomic E-state index is 3.62. The molecule has 2 aromatic heterocycles. The zero-order valence-corrected chi connectivity index (χ0v) is 26.3. The van der Waals surface area contributed by atoms with Gasteiger partial charge < -0.3 is 9.88 Å². The van der Waals surface area contributed by atoms with E-state index in [1.807, 2.05) is 53.8 Å². The van der Waals surface area contributed by atoms with Crippen molar-refractivity contribution in [3.8, 4) is 16.8 Å². The molecule has 0 atom stereocenters. The minimum absolute atomic E-state index is 1.09. The van der Waals surface area contributed by atoms with Crippen LogP contribution in [0.4, 0.5) is 11.4 Å². The van der Waals surface area contributed by atoms with Crippen molar-refractivity contribution in [3.63, 3.8) is 0 Å². The van der Waals surface area contributed by atoms with Crippen LogP contribution < -0.4 is 5.32 Å². The predicted octanol–water partition coefficient (Wildman–Crippen LogP) is 12.6. The topological polar surface area (TPSA) is 17.0 Å². The maximum atomic E-state index is 3.62. The van der Waals surface area contributed by atoms with Crippen LogP contribution in [0.1, 0.15) is 5.56 Å². The summed E-state index contributed by atoms with van der Waals surface area (Å²) in [6, 6.07) is 60.1. The monoisotopic (exact) mass is 608 g/mol. The van der Waals surface area contributed by atoms with E-state index in [-0.39, 0.29) is 0 Å². The van der Waals surface area contributed by atoms with Gasteiger partial charge in [0.15, 0.2) is 0 Å². The summed E-state index contributed by atoms with van der Waals surface area (Å²) in [5.41, 5.74) is 9.70. The van der Waals surface area contributed by atoms with Crippen molar-refractivity contribution in [1.29, 1.82) is 0 Å². The summed E-state index contributed by atoms with van der Waals surface area (Å²) >= 11 is 1.90. The number of hydrogen-bond donors (Lipinski definition) is 1. The number of hydrogen-bond acceptors (Lipinski definition) is 2. The van der Waals surface area contributed by atoms with E-state index < -0.39 is 0 Å². The number of benzene rings is 7. The van der Waals surface area contributed by atoms with Crippen molar-refractivity contribution < 1.29 is 0 Å². The number of nitrogens with zero attached hydrogens (tertiary/aromatic N) is 1. The molecule has 0 radical (unpaired) electrons. The van der Waals surface area contributed by atoms with Crippen LogP contribution in [0.3, 0.4) is 0 Å². The average Bonchev–Trinajstić information content (AvgIpc) is 3.64. The fourth-order valence-corrected chi connectivity index (χ4v) is 7.57. The first kappa shape index (κ1) is 27.9. The van der Waals surface area contributed by atoms with Crippen LogP contribution in [-0.4, -0.2) is 4.57 Å². The minimum Gasteiger partial charge on any atom is -0.355 e. The lowest BCUT2D eigenvalue weighted by atomic mass is 9.96. The molecule has 1 N–H and O–H groups in total. The van der Waals surface area contributed by atoms with Gasteiger partial charge in [0.25, 0.3) is 0 Å². The lowest BCUT2D eigenvalue weighted by molar-refractivity contribution is 1.19. The molecule has 0 saturated carbocycles. The summed E-state index contributed by atoms with van der Waals surface area (Å²) in [5.74, 6) is 0. The van der Waals surface area contributed by atoms with Crippen LogP contribution in [0.15, 0.2) is 170 Å². The molecule has 9 aromatic rings. The van der Waals surface area contributed by atoms with Crippen LogP contribution >= 0.6 is 11.3 Å². The number of anilines is 2. The molecule has 2 heterocycles. The SMILES string of the molecule is Cc1ccc2sc3c4cc(-c5cccc6c(Nc7ccccc7)cccc56)ccc4n(-c4ccccc4)c3c2c1.c1ccccc1. The summed E-state index contributed by atoms with van der Waals surface area (Å²) < 4.78 is 5.11. The molecule has 3 heteroatoms. The van der Waals surface area contributed by atoms with Crippen molar-refractivity contribution in [2.24, 2.45) is 0 Å². The molecule has 2 nitrogen and oxygen atoms in total. The second kappa shape index (κ2) is 12.0. The third-order valence-electron chi connectivity index (χ3n) is 8.49. The molecule has 46 heavy (non-hydrogen) atoms. The number of thiophene rings is 1. The van der Waals surface area contributed by atoms with Crippen LogP contribution in [-0.2, 0) is 0 Å². The van der Waals surface area contributed by atoms with Crippen LogP contribution in [0, 0.1) is 6.92 Å². The molecule has 0 saturated heterocycles. The Bertz CT molecular complexity index is 2410. The first-order chi connectivity index (χ1) is 22.7. The molecule has 0 aliphatic carbocycles. The molecule has 220 valence electrons. The Morgan fingerprint density at radius 2 is 1.20 bits per heavy atom. The van der Waals surface area contributed by atoms with Crippen molar-refractivity contribution in [3.05, 3.63) is 175 Å². The number of aryl methyl sites for hydroxylation is 1. The Labute approximate surface area is 272 Å². The zero-order valence-electron chi connectivity index (χ0n) is 25.5. The van der Waals surface area contributed by atoms with Gasteiger partial charge in [0.05, 0.1) is 15.7 Å². The second-order valence-corrected chi connectivity index (χ2v) is 12.6. The van der Waals surface area contributed by atoms with Gasteiger partial charge in [-0.2, -0.15) is 0 Å². The third-order valence-corrected chi connectivity index (χ3v) is 9.68. The van der Waals surface area contributed by atoms with Gasteiger partial charge >= 0.3 is 0 Å². The van der Waals surface area contributed by atoms with E-state index in [9.17, 15) is 0 Å². The molecular weight excluding hydrogens is 577 g/mol. The van der Waals surface area contributed by atoms with Gasteiger partial charge in [0, 0.05) is 37.9 Å². The van der Waals surface area contributed by atoms with E-state index in [0.29, 0.717) is 0 Å². The first-order valence-electron chi connectivity index (χ1n) is 15.6. The Kier molecular flexibility index (Phi) is 7.30. The third kappa shape index (κ3) is 5.11. The van der Waals surface area contributed by atoms with Crippen molar-refractivity contribution in [2.75, 3.05) is 5.32 Å². The molecule has 0 bridgehead atoms. The number of aromatic nitrogens is 1. The van der Waals surface area contributed by atoms with Gasteiger partial charge in [0.1, 0.15) is 0 Å². The molecule has 9 rings (SSSR count). The van der Waals surface area contributed by atoms with Crippen molar-refractivity contribution in [1.82, 2.24) is 4.57 Å². The first-order valence-corrected chi connectivity index (χ1v) is 16.4. The van der Waals surface area contributed by atoms with Crippen molar-refractivity contribution >= 4 is 64.7 Å². The molecule has 7 aromatic carbocycles. The summed E-state index contributed by atoms with van der Waals surface area (Å²) in [6.45, 7) is 2.18. The quantitative estimate of drug-likeness (QED) is 0.210. The fraction of sp³-hybridized carbons (Fsp3) is 0.0233. The number of rotatable bonds is 4. The van der Waals surface area contributed by atoms with E-state index in [2.05, 4.69) is 144 Å². The lowest BCUT2D eigenvalue weighted by Gasteiger charge is -2.13. The van der Waals surface area contributed by atoms with E-state index in [4.69, 9.17) is 0 Å². The molecule has 0 aliphatic heterocycles. The fourth-order valence-electron chi connectivity index (χ4n) is 6.38. The normalized spacial score (nSPS) is 11.2. The minimum atomic E-state index is 1.09. The van der Waals surface area contributed by atoms with Gasteiger partial charge in [-0.3, -0.25) is 0 Å². The maximum Gasteiger partial charge on any atom is 0.0727 e. The molecule has 0 fully saturated rings. The molecule has 0 spiro atoms. The van der Waals surface area contributed by atoms with Crippen LogP contribution in [0.5, 0.6) is 0 Å². The highest BCUT2D eigenvalue weighted by Gasteiger charge is 2.19. The summed E-state index contributed by atoms with van der Waals surface area (Å²) in [5, 5.41) is 8.70. The van der Waals surface area contributed by atoms with Gasteiger partial charge in [-0.1, -0.05) is 121 Å². The van der Waals surface area contributed by atoms with Gasteiger partial charge in [-0.15, -0.1) is 11.3 Å². The average molecular weight is 609 g/mol. The van der Waals surface area contributed by atoms with E-state index in [1.54, 1.807) is 0 Å². The standard InChI is InChI=1S/C37H26N2S.C6H6/c1-24-18-21-35-32(22-24)36-37(40-35)31-23-25(19-20-34(31)39(36)27-12-6-3-7-13-27)28-14-8-16-30-29(28)15-9-17-33(30)38-26-10-4-2-5-11-26;1-2-4-6-5-3-1/h2-23,38H,1H3;1-6H. The highest BCUT2D eigenvalue weighted by atomic mass is 32.1. The van der Waals surface area contributed by atoms with Gasteiger partial charge in [-0.25, -0.2) is 0 Å². The van der Waals surface area contributed by atoms with Gasteiger partial charge in [-0.05, 0) is 78.0 Å². The van der Waals surface area contributed by atoms with Crippen LogP contribution in [0.25, 0.3) is 58.8 Å². The van der Waals surface area contributed by atoms with Gasteiger partial charge in [0.2, 0.25) is 0 Å². The summed E-state index contributed by atoms with van der Waals surface area (Å²) in [7, 11) is 0. The summed E-state index contributed by atoms with van der Waals surface area (Å²) in [6.07, 6.45) is 0. The predicted molar refractivity (Wildman–Crippen MR) is 200 cm³/mol. The molecule has 0 unspecified atom stereocenters. The van der Waals surface area contributed by atoms with E-state index in [0.717, 1.165) is 11.4 Å². The lowest BCUT2D eigenvalue weighted by Crippen LogP contribution is -1.93. The Balaban J connectivity index is 0.000000470. The second-order valence-electron chi connectivity index (χ2n) is 11.5. The Morgan fingerprint density at radius 1 is 0.522 bits per heavy atom. The Hall–Kier alpha value is -5.64. The number of para-hydroxylation sites is 2. The van der Waals surface area contributed by atoms with E-state index >= 15 is 0 Å². The molecule has 0 amide bonds. The Morgan fingerprint density at radius 3 is 1.96 bits per heavy atom. The number of fused-ring (bicyclic) bond motifs is 6. The number of nitrogens with one attached hydrogen (secondary N) is 1. The van der Waals surface area contributed by atoms with E-state index in [1.165, 1.54) is 64.4 Å².